The molecular weight excluding hydrogens is 496 g/mol. The van der Waals surface area contributed by atoms with Crippen LogP contribution in [0.2, 0.25) is 5.02 Å². The van der Waals surface area contributed by atoms with Crippen LogP contribution in [-0.4, -0.2) is 35.4 Å². The number of hydrogen-bond acceptors (Lipinski definition) is 3. The molecular formula is C32H37ClN2O3. The first-order valence-corrected chi connectivity index (χ1v) is 13.8. The number of hydrogen-bond donors (Lipinski definition) is 1. The molecule has 3 aromatic rings. The molecule has 0 saturated heterocycles. The van der Waals surface area contributed by atoms with Crippen LogP contribution >= 0.6 is 11.6 Å². The number of ether oxygens (including phenoxy) is 1. The van der Waals surface area contributed by atoms with Gasteiger partial charge in [0.15, 0.2) is 6.61 Å². The van der Waals surface area contributed by atoms with E-state index >= 15 is 0 Å². The highest BCUT2D eigenvalue weighted by molar-refractivity contribution is 6.30. The van der Waals surface area contributed by atoms with Crippen molar-refractivity contribution < 1.29 is 14.3 Å². The minimum absolute atomic E-state index is 0.123. The zero-order valence-electron chi connectivity index (χ0n) is 22.3. The summed E-state index contributed by atoms with van der Waals surface area (Å²) in [6, 6.07) is 22.5. The Bertz CT molecular complexity index is 1220. The highest BCUT2D eigenvalue weighted by Gasteiger charge is 2.32. The zero-order valence-corrected chi connectivity index (χ0v) is 23.0. The van der Waals surface area contributed by atoms with E-state index in [1.54, 1.807) is 11.0 Å². The number of amides is 2. The summed E-state index contributed by atoms with van der Waals surface area (Å²) in [5.74, 6) is 0.265. The van der Waals surface area contributed by atoms with Crippen LogP contribution in [0.4, 0.5) is 0 Å². The third-order valence-electron chi connectivity index (χ3n) is 7.31. The van der Waals surface area contributed by atoms with Crippen molar-refractivity contribution >= 4 is 23.4 Å². The molecule has 2 amide bonds. The second kappa shape index (κ2) is 13.5. The van der Waals surface area contributed by atoms with Crippen LogP contribution < -0.4 is 10.1 Å². The van der Waals surface area contributed by atoms with Crippen LogP contribution in [0.15, 0.2) is 72.8 Å². The fourth-order valence-electron chi connectivity index (χ4n) is 4.96. The second-order valence-electron chi connectivity index (χ2n) is 10.2. The van der Waals surface area contributed by atoms with E-state index in [1.165, 1.54) is 6.42 Å². The molecule has 4 rings (SSSR count). The standard InChI is InChI=1S/C32H37ClN2O3/c1-23-16-17-29(18-24(23)2)38-22-31(36)35(21-26-12-9-13-27(33)19-26)30(20-25-10-5-3-6-11-25)32(37)34-28-14-7-4-8-15-28/h3,5-6,9-13,16-19,28,30H,4,7-8,14-15,20-22H2,1-2H3,(H,34,37). The molecule has 1 unspecified atom stereocenters. The van der Waals surface area contributed by atoms with Gasteiger partial charge in [0.1, 0.15) is 11.8 Å². The number of nitrogens with zero attached hydrogens (tertiary/aromatic N) is 1. The number of rotatable bonds is 10. The van der Waals surface area contributed by atoms with Crippen LogP contribution in [0, 0.1) is 13.8 Å². The van der Waals surface area contributed by atoms with Crippen molar-refractivity contribution in [2.24, 2.45) is 0 Å². The molecule has 0 heterocycles. The van der Waals surface area contributed by atoms with E-state index in [9.17, 15) is 9.59 Å². The van der Waals surface area contributed by atoms with Crippen LogP contribution in [0.5, 0.6) is 5.75 Å². The van der Waals surface area contributed by atoms with E-state index in [4.69, 9.17) is 16.3 Å². The Balaban J connectivity index is 1.61. The van der Waals surface area contributed by atoms with Crippen molar-refractivity contribution in [3.05, 3.63) is 100 Å². The lowest BCUT2D eigenvalue weighted by atomic mass is 9.94. The molecule has 0 aliphatic heterocycles. The molecule has 1 aliphatic rings. The number of benzene rings is 3. The summed E-state index contributed by atoms with van der Waals surface area (Å²) in [4.78, 5) is 29.2. The molecule has 3 aromatic carbocycles. The Labute approximate surface area is 231 Å². The Hall–Kier alpha value is -3.31. The van der Waals surface area contributed by atoms with Gasteiger partial charge in [-0.25, -0.2) is 0 Å². The number of carbonyl (C=O) groups is 2. The van der Waals surface area contributed by atoms with E-state index in [0.29, 0.717) is 17.2 Å². The van der Waals surface area contributed by atoms with Crippen molar-refractivity contribution in [3.63, 3.8) is 0 Å². The predicted octanol–water partition coefficient (Wildman–Crippen LogP) is 6.42. The predicted molar refractivity (Wildman–Crippen MR) is 152 cm³/mol. The number of aryl methyl sites for hydroxylation is 2. The van der Waals surface area contributed by atoms with Crippen molar-refractivity contribution in [2.45, 2.75) is 71.0 Å². The van der Waals surface area contributed by atoms with Crippen LogP contribution in [0.3, 0.4) is 0 Å². The van der Waals surface area contributed by atoms with E-state index in [0.717, 1.165) is 47.9 Å². The molecule has 6 heteroatoms. The first-order valence-electron chi connectivity index (χ1n) is 13.5. The second-order valence-corrected chi connectivity index (χ2v) is 10.7. The van der Waals surface area contributed by atoms with Gasteiger partial charge in [-0.1, -0.05) is 79.4 Å². The van der Waals surface area contributed by atoms with Gasteiger partial charge in [0, 0.05) is 24.0 Å². The summed E-state index contributed by atoms with van der Waals surface area (Å²) >= 11 is 6.27. The summed E-state index contributed by atoms with van der Waals surface area (Å²) in [5, 5.41) is 3.85. The van der Waals surface area contributed by atoms with E-state index in [1.807, 2.05) is 80.6 Å². The Morgan fingerprint density at radius 3 is 2.37 bits per heavy atom. The van der Waals surface area contributed by atoms with Crippen LogP contribution in [0.25, 0.3) is 0 Å². The Morgan fingerprint density at radius 2 is 1.66 bits per heavy atom. The third kappa shape index (κ3) is 7.84. The summed E-state index contributed by atoms with van der Waals surface area (Å²) in [5.41, 5.74) is 4.11. The molecule has 0 aromatic heterocycles. The van der Waals surface area contributed by atoms with Gasteiger partial charge in [0.25, 0.3) is 5.91 Å². The lowest BCUT2D eigenvalue weighted by molar-refractivity contribution is -0.143. The molecule has 1 fully saturated rings. The lowest BCUT2D eigenvalue weighted by Crippen LogP contribution is -2.53. The van der Waals surface area contributed by atoms with Crippen LogP contribution in [-0.2, 0) is 22.6 Å². The molecule has 1 atom stereocenters. The van der Waals surface area contributed by atoms with Gasteiger partial charge in [-0.05, 0) is 73.2 Å². The Morgan fingerprint density at radius 1 is 0.921 bits per heavy atom. The summed E-state index contributed by atoms with van der Waals surface area (Å²) in [6.07, 6.45) is 5.79. The first-order chi connectivity index (χ1) is 18.4. The maximum Gasteiger partial charge on any atom is 0.261 e. The number of carbonyl (C=O) groups excluding carboxylic acids is 2. The average Bonchev–Trinajstić information content (AvgIpc) is 2.92. The summed E-state index contributed by atoms with van der Waals surface area (Å²) in [7, 11) is 0. The van der Waals surface area contributed by atoms with Gasteiger partial charge in [0.2, 0.25) is 5.91 Å². The van der Waals surface area contributed by atoms with Crippen molar-refractivity contribution in [3.8, 4) is 5.75 Å². The molecule has 0 bridgehead atoms. The number of nitrogens with one attached hydrogen (secondary N) is 1. The topological polar surface area (TPSA) is 58.6 Å². The van der Waals surface area contributed by atoms with Gasteiger partial charge >= 0.3 is 0 Å². The third-order valence-corrected chi connectivity index (χ3v) is 7.54. The maximum absolute atomic E-state index is 13.8. The fourth-order valence-corrected chi connectivity index (χ4v) is 5.17. The van der Waals surface area contributed by atoms with Crippen molar-refractivity contribution in [1.82, 2.24) is 10.2 Å². The smallest absolute Gasteiger partial charge is 0.261 e. The maximum atomic E-state index is 13.8. The van der Waals surface area contributed by atoms with E-state index in [2.05, 4.69) is 5.32 Å². The van der Waals surface area contributed by atoms with Gasteiger partial charge < -0.3 is 15.0 Å². The highest BCUT2D eigenvalue weighted by atomic mass is 35.5. The van der Waals surface area contributed by atoms with Gasteiger partial charge in [0.05, 0.1) is 0 Å². The zero-order chi connectivity index (χ0) is 26.9. The van der Waals surface area contributed by atoms with E-state index < -0.39 is 6.04 Å². The van der Waals surface area contributed by atoms with Gasteiger partial charge in [-0.15, -0.1) is 0 Å². The SMILES string of the molecule is Cc1ccc(OCC(=O)N(Cc2cccc(Cl)c2)C(Cc2ccccc2)C(=O)NC2CCCCC2)cc1C. The average molecular weight is 533 g/mol. The summed E-state index contributed by atoms with van der Waals surface area (Å²) in [6.45, 7) is 4.15. The van der Waals surface area contributed by atoms with Gasteiger partial charge in [-0.2, -0.15) is 0 Å². The minimum Gasteiger partial charge on any atom is -0.484 e. The molecule has 1 aliphatic carbocycles. The fraction of sp³-hybridized carbons (Fsp3) is 0.375. The molecule has 0 spiro atoms. The normalized spacial score (nSPS) is 14.5. The largest absolute Gasteiger partial charge is 0.484 e. The molecule has 0 radical (unpaired) electrons. The molecule has 38 heavy (non-hydrogen) atoms. The molecule has 1 saturated carbocycles. The van der Waals surface area contributed by atoms with Gasteiger partial charge in [-0.3, -0.25) is 9.59 Å². The monoisotopic (exact) mass is 532 g/mol. The Kier molecular flexibility index (Phi) is 9.83. The number of halogens is 1. The lowest BCUT2D eigenvalue weighted by Gasteiger charge is -2.33. The van der Waals surface area contributed by atoms with E-state index in [-0.39, 0.29) is 31.0 Å². The molecule has 1 N–H and O–H groups in total. The van der Waals surface area contributed by atoms with Crippen molar-refractivity contribution in [1.29, 1.82) is 0 Å². The van der Waals surface area contributed by atoms with Crippen molar-refractivity contribution in [2.75, 3.05) is 6.61 Å². The minimum atomic E-state index is -0.686. The van der Waals surface area contributed by atoms with Crippen LogP contribution in [0.1, 0.15) is 54.4 Å². The summed E-state index contributed by atoms with van der Waals surface area (Å²) < 4.78 is 5.93. The first kappa shape index (κ1) is 27.7. The highest BCUT2D eigenvalue weighted by Crippen LogP contribution is 2.22. The molecule has 5 nitrogen and oxygen atoms in total. The molecule has 200 valence electrons. The quantitative estimate of drug-likeness (QED) is 0.327.